The van der Waals surface area contributed by atoms with Crippen molar-refractivity contribution < 1.29 is 13.9 Å². The first-order chi connectivity index (χ1) is 14.5. The van der Waals surface area contributed by atoms with Gasteiger partial charge in [0.25, 0.3) is 5.91 Å². The van der Waals surface area contributed by atoms with E-state index in [0.717, 1.165) is 20.9 Å². The number of methoxy groups -OCH3 is 1. The van der Waals surface area contributed by atoms with Crippen molar-refractivity contribution in [2.75, 3.05) is 20.3 Å². The summed E-state index contributed by atoms with van der Waals surface area (Å²) >= 11 is 10.2. The Labute approximate surface area is 191 Å². The van der Waals surface area contributed by atoms with Crippen LogP contribution >= 0.6 is 39.9 Å². The lowest BCUT2D eigenvalue weighted by molar-refractivity contribution is -0.122. The molecule has 0 N–H and O–H groups in total. The first-order valence-electron chi connectivity index (χ1n) is 9.24. The minimum absolute atomic E-state index is 0.118. The van der Waals surface area contributed by atoms with Crippen molar-refractivity contribution in [3.8, 4) is 0 Å². The molecule has 2 aromatic carbocycles. The molecule has 0 radical (unpaired) electrons. The highest BCUT2D eigenvalue weighted by atomic mass is 79.9. The molecule has 3 aromatic rings. The molecule has 0 atom stereocenters. The standard InChI is InChI=1S/C22H18BrFN2O2S2/c1-28-9-8-26-21(27)20(30-22(26)29)10-15-13-25(12-14-4-2-3-5-18(14)24)19-7-6-16(23)11-17(15)19/h2-7,10-11,13H,8-9,12H2,1H3/b20-10-. The SMILES string of the molecule is COCCN1C(=O)/C(=C/c2cn(Cc3ccccc3F)c3ccc(Br)cc23)SC1=S. The van der Waals surface area contributed by atoms with Crippen LogP contribution in [-0.4, -0.2) is 40.0 Å². The summed E-state index contributed by atoms with van der Waals surface area (Å²) in [6.07, 6.45) is 3.81. The number of rotatable bonds is 6. The van der Waals surface area contributed by atoms with E-state index < -0.39 is 0 Å². The fourth-order valence-corrected chi connectivity index (χ4v) is 5.03. The number of thiocarbonyl (C=S) groups is 1. The average molecular weight is 505 g/mol. The lowest BCUT2D eigenvalue weighted by atomic mass is 10.1. The van der Waals surface area contributed by atoms with Crippen LogP contribution in [0.1, 0.15) is 11.1 Å². The Morgan fingerprint density at radius 1 is 1.27 bits per heavy atom. The van der Waals surface area contributed by atoms with E-state index in [0.29, 0.717) is 34.5 Å². The molecule has 1 amide bonds. The van der Waals surface area contributed by atoms with E-state index in [4.69, 9.17) is 17.0 Å². The molecule has 0 saturated carbocycles. The molecule has 0 unspecified atom stereocenters. The Morgan fingerprint density at radius 2 is 2.07 bits per heavy atom. The van der Waals surface area contributed by atoms with Gasteiger partial charge in [-0.05, 0) is 30.3 Å². The number of halogens is 2. The normalized spacial score (nSPS) is 15.7. The molecule has 1 aliphatic rings. The van der Waals surface area contributed by atoms with Crippen molar-refractivity contribution in [2.24, 2.45) is 0 Å². The third kappa shape index (κ3) is 4.23. The Bertz CT molecular complexity index is 1180. The molecule has 1 aliphatic heterocycles. The average Bonchev–Trinajstić information content (AvgIpc) is 3.19. The van der Waals surface area contributed by atoms with Crippen molar-refractivity contribution >= 4 is 67.1 Å². The van der Waals surface area contributed by atoms with E-state index in [9.17, 15) is 9.18 Å². The van der Waals surface area contributed by atoms with Crippen LogP contribution in [0.3, 0.4) is 0 Å². The van der Waals surface area contributed by atoms with Crippen LogP contribution < -0.4 is 0 Å². The second-order valence-electron chi connectivity index (χ2n) is 6.79. The largest absolute Gasteiger partial charge is 0.383 e. The van der Waals surface area contributed by atoms with Gasteiger partial charge in [-0.25, -0.2) is 4.39 Å². The zero-order valence-corrected chi connectivity index (χ0v) is 19.3. The summed E-state index contributed by atoms with van der Waals surface area (Å²) in [5, 5.41) is 0.975. The molecular formula is C22H18BrFN2O2S2. The molecule has 0 bridgehead atoms. The molecule has 30 heavy (non-hydrogen) atoms. The van der Waals surface area contributed by atoms with Gasteiger partial charge in [0.1, 0.15) is 10.1 Å². The molecule has 1 fully saturated rings. The van der Waals surface area contributed by atoms with Crippen LogP contribution in [0.2, 0.25) is 0 Å². The van der Waals surface area contributed by atoms with Gasteiger partial charge in [0.15, 0.2) is 0 Å². The van der Waals surface area contributed by atoms with Crippen LogP contribution in [0.25, 0.3) is 17.0 Å². The lowest BCUT2D eigenvalue weighted by Crippen LogP contribution is -2.31. The molecule has 4 nitrogen and oxygen atoms in total. The minimum atomic E-state index is -0.239. The number of hydrogen-bond acceptors (Lipinski definition) is 4. The summed E-state index contributed by atoms with van der Waals surface area (Å²) in [6.45, 7) is 1.25. The second kappa shape index (κ2) is 9.01. The first-order valence-corrected chi connectivity index (χ1v) is 11.3. The van der Waals surface area contributed by atoms with E-state index in [-0.39, 0.29) is 11.7 Å². The Morgan fingerprint density at radius 3 is 2.83 bits per heavy atom. The van der Waals surface area contributed by atoms with Gasteiger partial charge >= 0.3 is 0 Å². The van der Waals surface area contributed by atoms with Crippen LogP contribution in [0, 0.1) is 5.82 Å². The maximum absolute atomic E-state index is 14.2. The Hall–Kier alpha value is -2.00. The van der Waals surface area contributed by atoms with Crippen LogP contribution in [-0.2, 0) is 16.1 Å². The quantitative estimate of drug-likeness (QED) is 0.330. The second-order valence-corrected chi connectivity index (χ2v) is 9.38. The van der Waals surface area contributed by atoms with Crippen molar-refractivity contribution in [3.05, 3.63) is 75.0 Å². The summed E-state index contributed by atoms with van der Waals surface area (Å²) in [7, 11) is 1.59. The van der Waals surface area contributed by atoms with E-state index in [1.807, 2.05) is 41.1 Å². The predicted molar refractivity (Wildman–Crippen MR) is 127 cm³/mol. The van der Waals surface area contributed by atoms with Gasteiger partial charge < -0.3 is 9.30 Å². The highest BCUT2D eigenvalue weighted by Crippen LogP contribution is 2.35. The van der Waals surface area contributed by atoms with Gasteiger partial charge in [-0.1, -0.05) is 58.1 Å². The van der Waals surface area contributed by atoms with E-state index >= 15 is 0 Å². The highest BCUT2D eigenvalue weighted by Gasteiger charge is 2.31. The minimum Gasteiger partial charge on any atom is -0.383 e. The summed E-state index contributed by atoms with van der Waals surface area (Å²) in [5.74, 6) is -0.357. The number of amides is 1. The number of thioether (sulfide) groups is 1. The van der Waals surface area contributed by atoms with Crippen molar-refractivity contribution in [1.82, 2.24) is 9.47 Å². The fraction of sp³-hybridized carbons (Fsp3) is 0.182. The first kappa shape index (κ1) is 21.2. The number of nitrogens with zero attached hydrogens (tertiary/aromatic N) is 2. The molecule has 4 rings (SSSR count). The van der Waals surface area contributed by atoms with Crippen LogP contribution in [0.5, 0.6) is 0 Å². The number of ether oxygens (including phenoxy) is 1. The maximum atomic E-state index is 14.2. The van der Waals surface area contributed by atoms with Gasteiger partial charge in [-0.15, -0.1) is 0 Å². The summed E-state index contributed by atoms with van der Waals surface area (Å²) in [5.41, 5.74) is 2.45. The lowest BCUT2D eigenvalue weighted by Gasteiger charge is -2.12. The molecule has 2 heterocycles. The monoisotopic (exact) mass is 504 g/mol. The highest BCUT2D eigenvalue weighted by molar-refractivity contribution is 9.10. The fourth-order valence-electron chi connectivity index (χ4n) is 3.37. The number of hydrogen-bond donors (Lipinski definition) is 0. The third-order valence-corrected chi connectivity index (χ3v) is 6.72. The number of benzene rings is 2. The molecular weight excluding hydrogens is 487 g/mol. The molecule has 1 aromatic heterocycles. The Balaban J connectivity index is 1.74. The molecule has 8 heteroatoms. The number of carbonyl (C=O) groups excluding carboxylic acids is 1. The van der Waals surface area contributed by atoms with Gasteiger partial charge in [0.05, 0.1) is 24.6 Å². The van der Waals surface area contributed by atoms with Gasteiger partial charge in [0.2, 0.25) is 0 Å². The van der Waals surface area contributed by atoms with E-state index in [1.165, 1.54) is 17.8 Å². The van der Waals surface area contributed by atoms with Crippen molar-refractivity contribution in [2.45, 2.75) is 6.54 Å². The van der Waals surface area contributed by atoms with Gasteiger partial charge in [0, 0.05) is 39.8 Å². The topological polar surface area (TPSA) is 34.5 Å². The van der Waals surface area contributed by atoms with Crippen LogP contribution in [0.15, 0.2) is 58.0 Å². The van der Waals surface area contributed by atoms with Crippen LogP contribution in [0.4, 0.5) is 4.39 Å². The smallest absolute Gasteiger partial charge is 0.266 e. The summed E-state index contributed by atoms with van der Waals surface area (Å²) in [6, 6.07) is 12.7. The summed E-state index contributed by atoms with van der Waals surface area (Å²) in [4.78, 5) is 14.9. The van der Waals surface area contributed by atoms with Crippen molar-refractivity contribution in [3.63, 3.8) is 0 Å². The molecule has 0 aliphatic carbocycles. The van der Waals surface area contributed by atoms with Gasteiger partial charge in [-0.2, -0.15) is 0 Å². The number of fused-ring (bicyclic) bond motifs is 1. The van der Waals surface area contributed by atoms with E-state index in [1.54, 1.807) is 24.1 Å². The molecule has 0 spiro atoms. The maximum Gasteiger partial charge on any atom is 0.266 e. The number of aromatic nitrogens is 1. The zero-order valence-electron chi connectivity index (χ0n) is 16.1. The summed E-state index contributed by atoms with van der Waals surface area (Å²) < 4.78 is 22.7. The third-order valence-electron chi connectivity index (χ3n) is 4.85. The predicted octanol–water partition coefficient (Wildman–Crippen LogP) is 5.44. The Kier molecular flexibility index (Phi) is 6.38. The molecule has 1 saturated heterocycles. The zero-order chi connectivity index (χ0) is 21.3. The molecule has 154 valence electrons. The van der Waals surface area contributed by atoms with Gasteiger partial charge in [-0.3, -0.25) is 9.69 Å². The van der Waals surface area contributed by atoms with E-state index in [2.05, 4.69) is 15.9 Å². The van der Waals surface area contributed by atoms with Crippen molar-refractivity contribution in [1.29, 1.82) is 0 Å². The number of carbonyl (C=O) groups is 1.